The number of fused-ring (bicyclic) bond motifs is 1. The van der Waals surface area contributed by atoms with Crippen molar-refractivity contribution < 1.29 is 13.2 Å². The van der Waals surface area contributed by atoms with Gasteiger partial charge in [-0.05, 0) is 25.5 Å². The molecule has 1 fully saturated rings. The Morgan fingerprint density at radius 1 is 1.37 bits per heavy atom. The van der Waals surface area contributed by atoms with Crippen LogP contribution in [-0.2, 0) is 10.0 Å². The van der Waals surface area contributed by atoms with Crippen molar-refractivity contribution in [3.63, 3.8) is 0 Å². The van der Waals surface area contributed by atoms with Crippen LogP contribution in [0.3, 0.4) is 0 Å². The first-order valence-electron chi connectivity index (χ1n) is 6.59. The minimum atomic E-state index is -3.28. The van der Waals surface area contributed by atoms with E-state index in [9.17, 15) is 8.42 Å². The molecule has 2 atom stereocenters. The molecule has 5 nitrogen and oxygen atoms in total. The summed E-state index contributed by atoms with van der Waals surface area (Å²) in [6.45, 7) is 1.28. The Morgan fingerprint density at radius 3 is 3.00 bits per heavy atom. The van der Waals surface area contributed by atoms with Gasteiger partial charge in [0.15, 0.2) is 0 Å². The molecule has 0 aliphatic carbocycles. The average Bonchev–Trinajstić information content (AvgIpc) is 2.99. The topological polar surface area (TPSA) is 67.4 Å². The normalized spacial score (nSPS) is 26.1. The van der Waals surface area contributed by atoms with Crippen molar-refractivity contribution in [2.24, 2.45) is 0 Å². The molecule has 2 heterocycles. The van der Waals surface area contributed by atoms with E-state index in [-0.39, 0.29) is 17.8 Å². The van der Waals surface area contributed by atoms with Crippen LogP contribution in [0.4, 0.5) is 0 Å². The highest BCUT2D eigenvalue weighted by atomic mass is 32.2. The second-order valence-corrected chi connectivity index (χ2v) is 6.89. The Morgan fingerprint density at radius 2 is 2.21 bits per heavy atom. The van der Waals surface area contributed by atoms with Gasteiger partial charge in [-0.2, -0.15) is 0 Å². The third kappa shape index (κ3) is 2.91. The van der Waals surface area contributed by atoms with Crippen molar-refractivity contribution >= 4 is 10.0 Å². The van der Waals surface area contributed by atoms with Gasteiger partial charge in [-0.15, -0.1) is 0 Å². The van der Waals surface area contributed by atoms with E-state index in [0.29, 0.717) is 6.61 Å². The SMILES string of the molecule is O=S(=O)(CC1CCCN1)NC1COc2ccccc21. The molecular formula is C13H18N2O3S. The predicted octanol–water partition coefficient (Wildman–Crippen LogP) is 0.792. The zero-order valence-corrected chi connectivity index (χ0v) is 11.4. The van der Waals surface area contributed by atoms with Crippen LogP contribution in [0, 0.1) is 0 Å². The first-order chi connectivity index (χ1) is 9.14. The first-order valence-corrected chi connectivity index (χ1v) is 8.24. The van der Waals surface area contributed by atoms with Crippen molar-refractivity contribution in [2.75, 3.05) is 18.9 Å². The number of hydrogen-bond donors (Lipinski definition) is 2. The second-order valence-electron chi connectivity index (χ2n) is 5.09. The number of nitrogens with one attached hydrogen (secondary N) is 2. The van der Waals surface area contributed by atoms with Crippen LogP contribution in [0.15, 0.2) is 24.3 Å². The van der Waals surface area contributed by atoms with Gasteiger partial charge >= 0.3 is 0 Å². The summed E-state index contributed by atoms with van der Waals surface area (Å²) < 4.78 is 32.5. The van der Waals surface area contributed by atoms with Crippen molar-refractivity contribution in [2.45, 2.75) is 24.9 Å². The van der Waals surface area contributed by atoms with Crippen LogP contribution < -0.4 is 14.8 Å². The Hall–Kier alpha value is -1.11. The summed E-state index contributed by atoms with van der Waals surface area (Å²) in [5.41, 5.74) is 0.922. The first kappa shape index (κ1) is 12.9. The number of rotatable bonds is 4. The molecule has 2 aliphatic heterocycles. The maximum Gasteiger partial charge on any atom is 0.213 e. The molecule has 0 amide bonds. The summed E-state index contributed by atoms with van der Waals surface area (Å²) in [6.07, 6.45) is 1.98. The molecule has 0 saturated carbocycles. The van der Waals surface area contributed by atoms with E-state index in [4.69, 9.17) is 4.74 Å². The minimum Gasteiger partial charge on any atom is -0.491 e. The van der Waals surface area contributed by atoms with Crippen molar-refractivity contribution in [1.29, 1.82) is 0 Å². The van der Waals surface area contributed by atoms with Gasteiger partial charge < -0.3 is 10.1 Å². The Labute approximate surface area is 113 Å². The molecule has 19 heavy (non-hydrogen) atoms. The molecule has 0 spiro atoms. The third-order valence-corrected chi connectivity index (χ3v) is 5.09. The highest BCUT2D eigenvalue weighted by Crippen LogP contribution is 2.32. The molecule has 6 heteroatoms. The van der Waals surface area contributed by atoms with Gasteiger partial charge in [-0.25, -0.2) is 13.1 Å². The summed E-state index contributed by atoms with van der Waals surface area (Å²) in [7, 11) is -3.28. The highest BCUT2D eigenvalue weighted by Gasteiger charge is 2.29. The number of hydrogen-bond acceptors (Lipinski definition) is 4. The maximum atomic E-state index is 12.1. The lowest BCUT2D eigenvalue weighted by Crippen LogP contribution is -2.38. The van der Waals surface area contributed by atoms with E-state index in [1.807, 2.05) is 24.3 Å². The van der Waals surface area contributed by atoms with Gasteiger partial charge in [-0.3, -0.25) is 0 Å². The Bertz CT molecular complexity index is 553. The summed E-state index contributed by atoms with van der Waals surface area (Å²) >= 11 is 0. The Kier molecular flexibility index (Phi) is 3.47. The molecule has 1 aromatic rings. The monoisotopic (exact) mass is 282 g/mol. The lowest BCUT2D eigenvalue weighted by atomic mass is 10.1. The minimum absolute atomic E-state index is 0.0788. The number of para-hydroxylation sites is 1. The van der Waals surface area contributed by atoms with Crippen LogP contribution in [0.25, 0.3) is 0 Å². The van der Waals surface area contributed by atoms with Gasteiger partial charge in [-0.1, -0.05) is 18.2 Å². The summed E-state index contributed by atoms with van der Waals surface area (Å²) in [6, 6.07) is 7.37. The van der Waals surface area contributed by atoms with Gasteiger partial charge in [0.05, 0.1) is 11.8 Å². The quantitative estimate of drug-likeness (QED) is 0.857. The van der Waals surface area contributed by atoms with E-state index >= 15 is 0 Å². The van der Waals surface area contributed by atoms with Gasteiger partial charge in [0, 0.05) is 11.6 Å². The maximum absolute atomic E-state index is 12.1. The van der Waals surface area contributed by atoms with E-state index in [0.717, 1.165) is 30.7 Å². The summed E-state index contributed by atoms with van der Waals surface area (Å²) in [5, 5.41) is 3.21. The molecular weight excluding hydrogens is 264 g/mol. The zero-order chi connectivity index (χ0) is 13.3. The lowest BCUT2D eigenvalue weighted by molar-refractivity contribution is 0.325. The van der Waals surface area contributed by atoms with Crippen molar-refractivity contribution in [3.8, 4) is 5.75 Å². The van der Waals surface area contributed by atoms with Crippen LogP contribution in [0.2, 0.25) is 0 Å². The number of benzene rings is 1. The highest BCUT2D eigenvalue weighted by molar-refractivity contribution is 7.89. The molecule has 3 rings (SSSR count). The molecule has 0 radical (unpaired) electrons. The predicted molar refractivity (Wildman–Crippen MR) is 72.6 cm³/mol. The van der Waals surface area contributed by atoms with Gasteiger partial charge in [0.25, 0.3) is 0 Å². The molecule has 2 unspecified atom stereocenters. The number of sulfonamides is 1. The Balaban J connectivity index is 1.68. The zero-order valence-electron chi connectivity index (χ0n) is 10.6. The molecule has 0 aromatic heterocycles. The molecule has 104 valence electrons. The van der Waals surface area contributed by atoms with Crippen molar-refractivity contribution in [3.05, 3.63) is 29.8 Å². The third-order valence-electron chi connectivity index (χ3n) is 3.60. The largest absolute Gasteiger partial charge is 0.491 e. The van der Waals surface area contributed by atoms with E-state index in [1.165, 1.54) is 0 Å². The molecule has 2 N–H and O–H groups in total. The van der Waals surface area contributed by atoms with Crippen LogP contribution >= 0.6 is 0 Å². The summed E-state index contributed by atoms with van der Waals surface area (Å²) in [5.74, 6) is 0.917. The molecule has 1 aromatic carbocycles. The van der Waals surface area contributed by atoms with Crippen LogP contribution in [0.5, 0.6) is 5.75 Å². The molecule has 1 saturated heterocycles. The number of ether oxygens (including phenoxy) is 1. The van der Waals surface area contributed by atoms with Gasteiger partial charge in [0.2, 0.25) is 10.0 Å². The van der Waals surface area contributed by atoms with E-state index in [2.05, 4.69) is 10.0 Å². The lowest BCUT2D eigenvalue weighted by Gasteiger charge is -2.15. The van der Waals surface area contributed by atoms with Crippen molar-refractivity contribution in [1.82, 2.24) is 10.0 Å². The van der Waals surface area contributed by atoms with Crippen LogP contribution in [0.1, 0.15) is 24.4 Å². The average molecular weight is 282 g/mol. The summed E-state index contributed by atoms with van der Waals surface area (Å²) in [4.78, 5) is 0. The molecule has 2 aliphatic rings. The van der Waals surface area contributed by atoms with E-state index in [1.54, 1.807) is 0 Å². The van der Waals surface area contributed by atoms with Crippen LogP contribution in [-0.4, -0.2) is 33.4 Å². The smallest absolute Gasteiger partial charge is 0.213 e. The standard InChI is InChI=1S/C13H18N2O3S/c16-19(17,9-10-4-3-7-14-10)15-12-8-18-13-6-2-1-5-11(12)13/h1-2,5-6,10,12,14-15H,3-4,7-9H2. The fourth-order valence-corrected chi connectivity index (χ4v) is 4.23. The van der Waals surface area contributed by atoms with Gasteiger partial charge in [0.1, 0.15) is 12.4 Å². The fraction of sp³-hybridized carbons (Fsp3) is 0.538. The fourth-order valence-electron chi connectivity index (χ4n) is 2.69. The molecule has 0 bridgehead atoms. The second kappa shape index (κ2) is 5.11. The van der Waals surface area contributed by atoms with E-state index < -0.39 is 10.0 Å².